The molecule has 0 radical (unpaired) electrons. The molecule has 1 aliphatic rings. The minimum Gasteiger partial charge on any atom is -0.356 e. The van der Waals surface area contributed by atoms with Crippen LogP contribution in [0.25, 0.3) is 0 Å². The normalized spacial score (nSPS) is 16.9. The molecule has 0 aromatic rings. The van der Waals surface area contributed by atoms with Gasteiger partial charge in [0.2, 0.25) is 0 Å². The van der Waals surface area contributed by atoms with E-state index in [2.05, 4.69) is 49.9 Å². The Kier molecular flexibility index (Phi) is 14.7. The summed E-state index contributed by atoms with van der Waals surface area (Å²) in [6, 6.07) is 0. The summed E-state index contributed by atoms with van der Waals surface area (Å²) in [5.41, 5.74) is 0. The van der Waals surface area contributed by atoms with Crippen molar-refractivity contribution in [2.75, 3.05) is 13.1 Å². The summed E-state index contributed by atoms with van der Waals surface area (Å²) < 4.78 is 0. The lowest BCUT2D eigenvalue weighted by Crippen LogP contribution is -2.43. The van der Waals surface area contributed by atoms with Crippen molar-refractivity contribution in [3.8, 4) is 0 Å². The van der Waals surface area contributed by atoms with E-state index in [0.29, 0.717) is 12.1 Å². The second-order valence-corrected chi connectivity index (χ2v) is 9.03. The van der Waals surface area contributed by atoms with Crippen LogP contribution in [0.4, 0.5) is 0 Å². The summed E-state index contributed by atoms with van der Waals surface area (Å²) in [5.74, 6) is 0.693. The molecule has 27 heavy (non-hydrogen) atoms. The zero-order valence-electron chi connectivity index (χ0n) is 19.2. The van der Waals surface area contributed by atoms with Crippen LogP contribution in [0.5, 0.6) is 0 Å². The lowest BCUT2D eigenvalue weighted by Gasteiger charge is -2.36. The lowest BCUT2D eigenvalue weighted by molar-refractivity contribution is 0.104. The van der Waals surface area contributed by atoms with E-state index in [9.17, 15) is 0 Å². The van der Waals surface area contributed by atoms with Gasteiger partial charge in [-0.25, -0.2) is 0 Å². The molecule has 1 unspecified atom stereocenters. The lowest BCUT2D eigenvalue weighted by atomic mass is 10.1. The van der Waals surface area contributed by atoms with Gasteiger partial charge in [0, 0.05) is 25.5 Å². The van der Waals surface area contributed by atoms with Crippen LogP contribution in [0.1, 0.15) is 124 Å². The van der Waals surface area contributed by atoms with Crippen LogP contribution in [0, 0.1) is 5.92 Å². The fourth-order valence-corrected chi connectivity index (χ4v) is 4.40. The van der Waals surface area contributed by atoms with Gasteiger partial charge in [0.25, 0.3) is 0 Å². The molecule has 0 fully saturated rings. The van der Waals surface area contributed by atoms with Crippen LogP contribution in [0.2, 0.25) is 0 Å². The van der Waals surface area contributed by atoms with Crippen molar-refractivity contribution in [2.45, 2.75) is 130 Å². The molecule has 0 amide bonds. The molecule has 0 saturated heterocycles. The number of unbranched alkanes of at least 4 members (excludes halogenated alkanes) is 13. The zero-order valence-corrected chi connectivity index (χ0v) is 19.2. The monoisotopic (exact) mass is 378 g/mol. The van der Waals surface area contributed by atoms with Gasteiger partial charge < -0.3 is 9.80 Å². The van der Waals surface area contributed by atoms with Crippen LogP contribution < -0.4 is 0 Å². The molecule has 1 heterocycles. The first kappa shape index (κ1) is 24.4. The van der Waals surface area contributed by atoms with E-state index >= 15 is 0 Å². The third-order valence-electron chi connectivity index (χ3n) is 6.02. The summed E-state index contributed by atoms with van der Waals surface area (Å²) in [6.07, 6.45) is 26.4. The number of rotatable bonds is 18. The van der Waals surface area contributed by atoms with Gasteiger partial charge in [0.1, 0.15) is 6.17 Å². The summed E-state index contributed by atoms with van der Waals surface area (Å²) >= 11 is 0. The molecule has 160 valence electrons. The molecule has 1 atom stereocenters. The van der Waals surface area contributed by atoms with E-state index in [1.807, 2.05) is 0 Å². The molecular formula is C25H50N2. The Morgan fingerprint density at radius 1 is 0.556 bits per heavy atom. The van der Waals surface area contributed by atoms with Crippen LogP contribution in [-0.4, -0.2) is 29.1 Å². The highest BCUT2D eigenvalue weighted by atomic mass is 15.4. The highest BCUT2D eigenvalue weighted by Gasteiger charge is 2.28. The highest BCUT2D eigenvalue weighted by Crippen LogP contribution is 2.24. The second-order valence-electron chi connectivity index (χ2n) is 9.03. The molecule has 0 saturated carbocycles. The van der Waals surface area contributed by atoms with Crippen molar-refractivity contribution in [1.29, 1.82) is 0 Å². The van der Waals surface area contributed by atoms with Gasteiger partial charge in [-0.15, -0.1) is 0 Å². The number of hydrogen-bond donors (Lipinski definition) is 0. The smallest absolute Gasteiger partial charge is 0.103 e. The van der Waals surface area contributed by atoms with Gasteiger partial charge in [-0.2, -0.15) is 0 Å². The molecule has 0 aliphatic carbocycles. The molecule has 1 aliphatic heterocycles. The van der Waals surface area contributed by atoms with Crippen molar-refractivity contribution in [2.24, 2.45) is 5.92 Å². The van der Waals surface area contributed by atoms with Gasteiger partial charge in [0.05, 0.1) is 0 Å². The maximum atomic E-state index is 2.61. The van der Waals surface area contributed by atoms with E-state index in [-0.39, 0.29) is 0 Å². The Balaban J connectivity index is 2.13. The molecule has 0 bridgehead atoms. The van der Waals surface area contributed by atoms with Crippen LogP contribution in [0.15, 0.2) is 12.4 Å². The van der Waals surface area contributed by atoms with E-state index in [0.717, 1.165) is 0 Å². The second kappa shape index (κ2) is 16.3. The van der Waals surface area contributed by atoms with E-state index in [4.69, 9.17) is 0 Å². The summed E-state index contributed by atoms with van der Waals surface area (Å²) in [5, 5.41) is 0. The van der Waals surface area contributed by atoms with E-state index in [1.165, 1.54) is 109 Å². The fourth-order valence-electron chi connectivity index (χ4n) is 4.40. The van der Waals surface area contributed by atoms with Gasteiger partial charge >= 0.3 is 0 Å². The van der Waals surface area contributed by atoms with Crippen molar-refractivity contribution in [3.63, 3.8) is 0 Å². The van der Waals surface area contributed by atoms with Crippen LogP contribution in [0.3, 0.4) is 0 Å². The molecule has 2 nitrogen and oxygen atoms in total. The zero-order chi connectivity index (χ0) is 19.7. The Morgan fingerprint density at radius 2 is 0.889 bits per heavy atom. The average molecular weight is 379 g/mol. The molecule has 1 rings (SSSR count). The Bertz CT molecular complexity index is 350. The third kappa shape index (κ3) is 11.1. The first-order chi connectivity index (χ1) is 13.2. The largest absolute Gasteiger partial charge is 0.356 e. The van der Waals surface area contributed by atoms with E-state index in [1.54, 1.807) is 0 Å². The first-order valence-electron chi connectivity index (χ1n) is 12.4. The van der Waals surface area contributed by atoms with E-state index < -0.39 is 0 Å². The van der Waals surface area contributed by atoms with Gasteiger partial charge in [-0.05, 0) is 18.8 Å². The third-order valence-corrected chi connectivity index (χ3v) is 6.02. The van der Waals surface area contributed by atoms with Gasteiger partial charge in [-0.1, -0.05) is 111 Å². The Labute approximate surface area is 171 Å². The van der Waals surface area contributed by atoms with Crippen LogP contribution in [-0.2, 0) is 0 Å². The molecule has 0 aromatic carbocycles. The molecular weight excluding hydrogens is 328 g/mol. The molecule has 0 spiro atoms. The summed E-state index contributed by atoms with van der Waals surface area (Å²) in [7, 11) is 0. The SMILES string of the molecule is CCCCCCCCCCCN1C=CN(CCCCCCCC)C1C(C)C. The van der Waals surface area contributed by atoms with Crippen molar-refractivity contribution in [3.05, 3.63) is 12.4 Å². The minimum atomic E-state index is 0.592. The van der Waals surface area contributed by atoms with Gasteiger partial charge in [0.15, 0.2) is 0 Å². The number of hydrogen-bond acceptors (Lipinski definition) is 2. The molecule has 2 heteroatoms. The highest BCUT2D eigenvalue weighted by molar-refractivity contribution is 4.98. The maximum Gasteiger partial charge on any atom is 0.103 e. The van der Waals surface area contributed by atoms with Crippen molar-refractivity contribution < 1.29 is 0 Å². The Hall–Kier alpha value is -0.660. The summed E-state index contributed by atoms with van der Waals surface area (Å²) in [6.45, 7) is 11.8. The quantitative estimate of drug-likeness (QED) is 0.223. The topological polar surface area (TPSA) is 6.48 Å². The van der Waals surface area contributed by atoms with Crippen LogP contribution >= 0.6 is 0 Å². The standard InChI is InChI=1S/C25H50N2/c1-5-7-9-11-13-14-15-17-19-21-27-23-22-26(25(27)24(3)4)20-18-16-12-10-8-6-2/h22-25H,5-21H2,1-4H3. The first-order valence-corrected chi connectivity index (χ1v) is 12.4. The predicted molar refractivity (Wildman–Crippen MR) is 122 cm³/mol. The van der Waals surface area contributed by atoms with Crippen molar-refractivity contribution in [1.82, 2.24) is 9.80 Å². The Morgan fingerprint density at radius 3 is 1.22 bits per heavy atom. The van der Waals surface area contributed by atoms with Crippen molar-refractivity contribution >= 4 is 0 Å². The number of nitrogens with zero attached hydrogens (tertiary/aromatic N) is 2. The fraction of sp³-hybridized carbons (Fsp3) is 0.920. The predicted octanol–water partition coefficient (Wildman–Crippen LogP) is 7.95. The average Bonchev–Trinajstić information content (AvgIpc) is 3.06. The summed E-state index contributed by atoms with van der Waals surface area (Å²) in [4.78, 5) is 5.22. The minimum absolute atomic E-state index is 0.592. The van der Waals surface area contributed by atoms with Gasteiger partial charge in [-0.3, -0.25) is 0 Å². The maximum absolute atomic E-state index is 2.61. The molecule has 0 aromatic heterocycles. The molecule has 0 N–H and O–H groups in total.